The van der Waals surface area contributed by atoms with E-state index in [1.165, 1.54) is 30.7 Å². The van der Waals surface area contributed by atoms with Gasteiger partial charge >= 0.3 is 0 Å². The van der Waals surface area contributed by atoms with Crippen molar-refractivity contribution in [3.63, 3.8) is 0 Å². The van der Waals surface area contributed by atoms with Crippen molar-refractivity contribution >= 4 is 11.6 Å². The Morgan fingerprint density at radius 2 is 2.04 bits per heavy atom. The lowest BCUT2D eigenvalue weighted by atomic mass is 9.90. The molecule has 0 saturated carbocycles. The molecule has 1 aliphatic rings. The Morgan fingerprint density at radius 3 is 2.83 bits per heavy atom. The summed E-state index contributed by atoms with van der Waals surface area (Å²) in [5, 5.41) is 2.97. The summed E-state index contributed by atoms with van der Waals surface area (Å²) < 4.78 is 18.6. The molecule has 0 spiro atoms. The molecule has 23 heavy (non-hydrogen) atoms. The second kappa shape index (κ2) is 6.82. The third kappa shape index (κ3) is 3.52. The van der Waals surface area contributed by atoms with Gasteiger partial charge < -0.3 is 10.1 Å². The Labute approximate surface area is 135 Å². The first-order valence-electron chi connectivity index (χ1n) is 7.90. The van der Waals surface area contributed by atoms with Gasteiger partial charge in [0.25, 0.3) is 0 Å². The highest BCUT2D eigenvalue weighted by atomic mass is 19.1. The first kappa shape index (κ1) is 15.5. The summed E-state index contributed by atoms with van der Waals surface area (Å²) in [5.74, 6) is -0.394. The van der Waals surface area contributed by atoms with Gasteiger partial charge in [-0.15, -0.1) is 0 Å². The number of carbonyl (C=O) groups is 1. The highest BCUT2D eigenvalue weighted by molar-refractivity contribution is 5.93. The highest BCUT2D eigenvalue weighted by Crippen LogP contribution is 2.28. The van der Waals surface area contributed by atoms with Crippen LogP contribution in [0.25, 0.3) is 0 Å². The van der Waals surface area contributed by atoms with Crippen molar-refractivity contribution < 1.29 is 13.9 Å². The maximum Gasteiger partial charge on any atom is 0.228 e. The van der Waals surface area contributed by atoms with E-state index in [2.05, 4.69) is 11.4 Å². The molecule has 120 valence electrons. The Morgan fingerprint density at radius 1 is 1.22 bits per heavy atom. The number of nitrogens with one attached hydrogen (secondary N) is 1. The predicted molar refractivity (Wildman–Crippen MR) is 88.4 cm³/mol. The fourth-order valence-corrected chi connectivity index (χ4v) is 3.10. The number of carbonyl (C=O) groups excluding carboxylic acids is 1. The number of fused-ring (bicyclic) bond motifs is 1. The molecule has 0 saturated heterocycles. The van der Waals surface area contributed by atoms with Gasteiger partial charge in [0.2, 0.25) is 5.91 Å². The van der Waals surface area contributed by atoms with Crippen molar-refractivity contribution in [1.29, 1.82) is 0 Å². The molecule has 1 aliphatic carbocycles. The van der Waals surface area contributed by atoms with E-state index in [4.69, 9.17) is 4.74 Å². The quantitative estimate of drug-likeness (QED) is 0.930. The lowest BCUT2D eigenvalue weighted by molar-refractivity contribution is -0.115. The molecule has 3 nitrogen and oxygen atoms in total. The van der Waals surface area contributed by atoms with E-state index in [0.29, 0.717) is 5.56 Å². The molecule has 0 unspecified atom stereocenters. The molecule has 0 radical (unpaired) electrons. The predicted octanol–water partition coefficient (Wildman–Crippen LogP) is 3.89. The van der Waals surface area contributed by atoms with Gasteiger partial charge in [0, 0.05) is 5.69 Å². The van der Waals surface area contributed by atoms with Gasteiger partial charge in [-0.05, 0) is 60.6 Å². The van der Waals surface area contributed by atoms with Gasteiger partial charge in [-0.1, -0.05) is 18.2 Å². The number of hydrogen-bond donors (Lipinski definition) is 1. The van der Waals surface area contributed by atoms with Crippen molar-refractivity contribution in [2.45, 2.75) is 32.1 Å². The third-order valence-corrected chi connectivity index (χ3v) is 4.25. The maximum absolute atomic E-state index is 13.7. The van der Waals surface area contributed by atoms with Crippen LogP contribution >= 0.6 is 0 Å². The summed E-state index contributed by atoms with van der Waals surface area (Å²) in [6.07, 6.45) is 4.58. The number of hydrogen-bond acceptors (Lipinski definition) is 2. The molecule has 0 aliphatic heterocycles. The number of anilines is 1. The van der Waals surface area contributed by atoms with E-state index < -0.39 is 5.82 Å². The number of ether oxygens (including phenoxy) is 1. The maximum atomic E-state index is 13.7. The van der Waals surface area contributed by atoms with E-state index in [0.717, 1.165) is 24.9 Å². The van der Waals surface area contributed by atoms with Crippen LogP contribution in [0, 0.1) is 5.82 Å². The molecular weight excluding hydrogens is 293 g/mol. The molecule has 1 N–H and O–H groups in total. The van der Waals surface area contributed by atoms with Gasteiger partial charge in [0.15, 0.2) is 11.6 Å². The first-order valence-corrected chi connectivity index (χ1v) is 7.90. The van der Waals surface area contributed by atoms with Crippen molar-refractivity contribution in [1.82, 2.24) is 0 Å². The average Bonchev–Trinajstić information content (AvgIpc) is 2.55. The van der Waals surface area contributed by atoms with E-state index >= 15 is 0 Å². The van der Waals surface area contributed by atoms with Crippen LogP contribution in [0.3, 0.4) is 0 Å². The summed E-state index contributed by atoms with van der Waals surface area (Å²) in [5.41, 5.74) is 4.09. The molecule has 0 heterocycles. The molecule has 4 heteroatoms. The SMILES string of the molecule is COc1ccc(CC(=O)Nc2cccc3c2CCCC3)cc1F. The third-order valence-electron chi connectivity index (χ3n) is 4.25. The van der Waals surface area contributed by atoms with Crippen LogP contribution in [0.5, 0.6) is 5.75 Å². The van der Waals surface area contributed by atoms with Crippen LogP contribution in [0.2, 0.25) is 0 Å². The Balaban J connectivity index is 1.71. The van der Waals surface area contributed by atoms with E-state index in [9.17, 15) is 9.18 Å². The molecule has 2 aromatic carbocycles. The number of benzene rings is 2. The van der Waals surface area contributed by atoms with Gasteiger partial charge in [-0.25, -0.2) is 4.39 Å². The molecule has 0 aromatic heterocycles. The zero-order chi connectivity index (χ0) is 16.2. The summed E-state index contributed by atoms with van der Waals surface area (Å²) >= 11 is 0. The number of halogens is 1. The van der Waals surface area contributed by atoms with E-state index in [1.807, 2.05) is 12.1 Å². The van der Waals surface area contributed by atoms with Crippen LogP contribution in [0.15, 0.2) is 36.4 Å². The van der Waals surface area contributed by atoms with Gasteiger partial charge in [0.1, 0.15) is 0 Å². The second-order valence-electron chi connectivity index (χ2n) is 5.84. The second-order valence-corrected chi connectivity index (χ2v) is 5.84. The molecule has 0 bridgehead atoms. The van der Waals surface area contributed by atoms with Crippen LogP contribution in [-0.4, -0.2) is 13.0 Å². The van der Waals surface area contributed by atoms with Gasteiger partial charge in [-0.3, -0.25) is 4.79 Å². The minimum Gasteiger partial charge on any atom is -0.494 e. The summed E-state index contributed by atoms with van der Waals surface area (Å²) in [7, 11) is 1.42. The number of methoxy groups -OCH3 is 1. The van der Waals surface area contributed by atoms with E-state index in [-0.39, 0.29) is 18.1 Å². The molecule has 3 rings (SSSR count). The highest BCUT2D eigenvalue weighted by Gasteiger charge is 2.15. The van der Waals surface area contributed by atoms with E-state index in [1.54, 1.807) is 12.1 Å². The number of amides is 1. The van der Waals surface area contributed by atoms with Crippen LogP contribution in [0.1, 0.15) is 29.5 Å². The van der Waals surface area contributed by atoms with Gasteiger partial charge in [0.05, 0.1) is 13.5 Å². The Bertz CT molecular complexity index is 727. The molecule has 1 amide bonds. The number of aryl methyl sites for hydroxylation is 1. The zero-order valence-corrected chi connectivity index (χ0v) is 13.2. The average molecular weight is 313 g/mol. The zero-order valence-electron chi connectivity index (χ0n) is 13.2. The van der Waals surface area contributed by atoms with Crippen molar-refractivity contribution in [3.8, 4) is 5.75 Å². The van der Waals surface area contributed by atoms with Crippen molar-refractivity contribution in [2.75, 3.05) is 12.4 Å². The van der Waals surface area contributed by atoms with Gasteiger partial charge in [-0.2, -0.15) is 0 Å². The minimum absolute atomic E-state index is 0.131. The molecule has 0 fully saturated rings. The lowest BCUT2D eigenvalue weighted by Gasteiger charge is -2.19. The largest absolute Gasteiger partial charge is 0.494 e. The fourth-order valence-electron chi connectivity index (χ4n) is 3.10. The Hall–Kier alpha value is -2.36. The standard InChI is InChI=1S/C19H20FNO2/c1-23-18-10-9-13(11-16(18)20)12-19(22)21-17-8-4-6-14-5-2-3-7-15(14)17/h4,6,8-11H,2-3,5,7,12H2,1H3,(H,21,22). The Kier molecular flexibility index (Phi) is 4.60. The summed E-state index contributed by atoms with van der Waals surface area (Å²) in [6.45, 7) is 0. The first-order chi connectivity index (χ1) is 11.2. The monoisotopic (exact) mass is 313 g/mol. The van der Waals surface area contributed by atoms with Crippen LogP contribution < -0.4 is 10.1 Å². The number of rotatable bonds is 4. The topological polar surface area (TPSA) is 38.3 Å². The van der Waals surface area contributed by atoms with Crippen LogP contribution in [-0.2, 0) is 24.1 Å². The smallest absolute Gasteiger partial charge is 0.228 e. The fraction of sp³-hybridized carbons (Fsp3) is 0.316. The molecule has 2 aromatic rings. The van der Waals surface area contributed by atoms with Crippen LogP contribution in [0.4, 0.5) is 10.1 Å². The lowest BCUT2D eigenvalue weighted by Crippen LogP contribution is -2.17. The minimum atomic E-state index is -0.449. The summed E-state index contributed by atoms with van der Waals surface area (Å²) in [4.78, 5) is 12.3. The normalized spacial score (nSPS) is 13.3. The van der Waals surface area contributed by atoms with Crippen molar-refractivity contribution in [3.05, 3.63) is 58.9 Å². The van der Waals surface area contributed by atoms with Crippen molar-refractivity contribution in [2.24, 2.45) is 0 Å². The summed E-state index contributed by atoms with van der Waals surface area (Å²) in [6, 6.07) is 10.6. The molecular formula is C19H20FNO2. The molecule has 0 atom stereocenters.